The minimum Gasteiger partial charge on any atom is -0.356 e. The minimum atomic E-state index is -0.360. The Hall–Kier alpha value is -1.08. The van der Waals surface area contributed by atoms with E-state index in [4.69, 9.17) is 0 Å². The SMILES string of the molecule is CCCNC(=O)C1CCC(C#N)(N(C)C)CC1. The highest BCUT2D eigenvalue weighted by molar-refractivity contribution is 5.78. The van der Waals surface area contributed by atoms with E-state index in [0.717, 1.165) is 38.6 Å². The lowest BCUT2D eigenvalue weighted by Crippen LogP contribution is -2.47. The number of hydrogen-bond acceptors (Lipinski definition) is 3. The van der Waals surface area contributed by atoms with Crippen LogP contribution in [0.4, 0.5) is 0 Å². The van der Waals surface area contributed by atoms with E-state index in [2.05, 4.69) is 11.4 Å². The summed E-state index contributed by atoms with van der Waals surface area (Å²) in [6, 6.07) is 2.41. The Morgan fingerprint density at radius 3 is 2.47 bits per heavy atom. The van der Waals surface area contributed by atoms with Gasteiger partial charge in [-0.1, -0.05) is 6.92 Å². The molecule has 1 rings (SSSR count). The topological polar surface area (TPSA) is 56.1 Å². The summed E-state index contributed by atoms with van der Waals surface area (Å²) in [5, 5.41) is 12.2. The lowest BCUT2D eigenvalue weighted by Gasteiger charge is -2.39. The van der Waals surface area contributed by atoms with Crippen LogP contribution in [0.2, 0.25) is 0 Å². The fourth-order valence-corrected chi connectivity index (χ4v) is 2.41. The van der Waals surface area contributed by atoms with Gasteiger partial charge < -0.3 is 5.32 Å². The molecule has 0 radical (unpaired) electrons. The van der Waals surface area contributed by atoms with Crippen molar-refractivity contribution >= 4 is 5.91 Å². The van der Waals surface area contributed by atoms with Crippen LogP contribution < -0.4 is 5.32 Å². The van der Waals surface area contributed by atoms with Crippen LogP contribution >= 0.6 is 0 Å². The van der Waals surface area contributed by atoms with Gasteiger partial charge in [-0.3, -0.25) is 9.69 Å². The average molecular weight is 237 g/mol. The van der Waals surface area contributed by atoms with Gasteiger partial charge in [0.15, 0.2) is 0 Å². The van der Waals surface area contributed by atoms with Gasteiger partial charge in [0.2, 0.25) is 5.91 Å². The third kappa shape index (κ3) is 3.19. The summed E-state index contributed by atoms with van der Waals surface area (Å²) in [6.45, 7) is 2.81. The van der Waals surface area contributed by atoms with E-state index in [-0.39, 0.29) is 17.4 Å². The van der Waals surface area contributed by atoms with Gasteiger partial charge in [0, 0.05) is 12.5 Å². The molecule has 0 atom stereocenters. The summed E-state index contributed by atoms with van der Waals surface area (Å²) in [5.74, 6) is 0.264. The number of carbonyl (C=O) groups is 1. The van der Waals surface area contributed by atoms with Crippen LogP contribution in [0.5, 0.6) is 0 Å². The smallest absolute Gasteiger partial charge is 0.223 e. The van der Waals surface area contributed by atoms with Crippen molar-refractivity contribution in [2.75, 3.05) is 20.6 Å². The number of nitrogens with zero attached hydrogens (tertiary/aromatic N) is 2. The van der Waals surface area contributed by atoms with Gasteiger partial charge in [-0.2, -0.15) is 5.26 Å². The highest BCUT2D eigenvalue weighted by Crippen LogP contribution is 2.34. The summed E-state index contributed by atoms with van der Waals surface area (Å²) in [6.07, 6.45) is 4.20. The maximum absolute atomic E-state index is 11.8. The Balaban J connectivity index is 2.50. The van der Waals surface area contributed by atoms with Gasteiger partial charge in [-0.15, -0.1) is 0 Å². The van der Waals surface area contributed by atoms with E-state index in [1.54, 1.807) is 0 Å². The second-order valence-corrected chi connectivity index (χ2v) is 5.10. The second-order valence-electron chi connectivity index (χ2n) is 5.10. The van der Waals surface area contributed by atoms with Crippen molar-refractivity contribution in [3.63, 3.8) is 0 Å². The predicted molar refractivity (Wildman–Crippen MR) is 67.3 cm³/mol. The first-order chi connectivity index (χ1) is 8.05. The first kappa shape index (κ1) is 14.0. The van der Waals surface area contributed by atoms with Gasteiger partial charge in [-0.05, 0) is 46.2 Å². The number of carbonyl (C=O) groups excluding carboxylic acids is 1. The molecular formula is C13H23N3O. The molecule has 0 unspecified atom stereocenters. The number of amides is 1. The summed E-state index contributed by atoms with van der Waals surface area (Å²) in [7, 11) is 3.89. The zero-order chi connectivity index (χ0) is 12.9. The van der Waals surface area contributed by atoms with Crippen molar-refractivity contribution < 1.29 is 4.79 Å². The fourth-order valence-electron chi connectivity index (χ4n) is 2.41. The van der Waals surface area contributed by atoms with Crippen molar-refractivity contribution in [2.45, 2.75) is 44.6 Å². The Labute approximate surface area is 104 Å². The van der Waals surface area contributed by atoms with Gasteiger partial charge in [-0.25, -0.2) is 0 Å². The van der Waals surface area contributed by atoms with E-state index >= 15 is 0 Å². The average Bonchev–Trinajstić information content (AvgIpc) is 2.35. The number of nitriles is 1. The zero-order valence-electron chi connectivity index (χ0n) is 11.1. The van der Waals surface area contributed by atoms with Crippen molar-refractivity contribution in [1.82, 2.24) is 10.2 Å². The van der Waals surface area contributed by atoms with Crippen LogP contribution in [0.3, 0.4) is 0 Å². The van der Waals surface area contributed by atoms with Gasteiger partial charge in [0.05, 0.1) is 6.07 Å². The van der Waals surface area contributed by atoms with Crippen LogP contribution in [0.25, 0.3) is 0 Å². The van der Waals surface area contributed by atoms with Crippen molar-refractivity contribution in [2.24, 2.45) is 5.92 Å². The molecule has 0 spiro atoms. The molecule has 0 bridgehead atoms. The molecule has 17 heavy (non-hydrogen) atoms. The first-order valence-electron chi connectivity index (χ1n) is 6.42. The highest BCUT2D eigenvalue weighted by atomic mass is 16.1. The van der Waals surface area contributed by atoms with E-state index in [9.17, 15) is 10.1 Å². The lowest BCUT2D eigenvalue weighted by molar-refractivity contribution is -0.126. The normalized spacial score (nSPS) is 28.8. The number of hydrogen-bond donors (Lipinski definition) is 1. The maximum Gasteiger partial charge on any atom is 0.223 e. The molecule has 0 aromatic rings. The summed E-state index contributed by atoms with van der Waals surface area (Å²) >= 11 is 0. The van der Waals surface area contributed by atoms with Crippen molar-refractivity contribution in [3.8, 4) is 6.07 Å². The third-order valence-electron chi connectivity index (χ3n) is 3.80. The molecule has 1 aliphatic rings. The molecule has 96 valence electrons. The summed E-state index contributed by atoms with van der Waals surface area (Å²) < 4.78 is 0. The molecule has 4 heteroatoms. The van der Waals surface area contributed by atoms with Gasteiger partial charge in [0.25, 0.3) is 0 Å². The number of nitrogens with one attached hydrogen (secondary N) is 1. The third-order valence-corrected chi connectivity index (χ3v) is 3.80. The molecule has 1 saturated carbocycles. The van der Waals surface area contributed by atoms with Crippen molar-refractivity contribution in [1.29, 1.82) is 5.26 Å². The minimum absolute atomic E-state index is 0.1000. The lowest BCUT2D eigenvalue weighted by atomic mass is 9.76. The van der Waals surface area contributed by atoms with Crippen LogP contribution in [0, 0.1) is 17.2 Å². The zero-order valence-corrected chi connectivity index (χ0v) is 11.1. The summed E-state index contributed by atoms with van der Waals surface area (Å²) in [4.78, 5) is 13.8. The standard InChI is InChI=1S/C13H23N3O/c1-4-9-15-12(17)11-5-7-13(10-14,8-6-11)16(2)3/h11H,4-9H2,1-3H3,(H,15,17). The molecule has 1 N–H and O–H groups in total. The second kappa shape index (κ2) is 6.02. The summed E-state index contributed by atoms with van der Waals surface area (Å²) in [5.41, 5.74) is -0.360. The van der Waals surface area contributed by atoms with Gasteiger partial charge >= 0.3 is 0 Å². The van der Waals surface area contributed by atoms with E-state index < -0.39 is 0 Å². The molecule has 0 heterocycles. The fraction of sp³-hybridized carbons (Fsp3) is 0.846. The molecule has 0 aliphatic heterocycles. The molecule has 0 saturated heterocycles. The monoisotopic (exact) mass is 237 g/mol. The van der Waals surface area contributed by atoms with E-state index in [1.807, 2.05) is 25.9 Å². The largest absolute Gasteiger partial charge is 0.356 e. The molecule has 1 amide bonds. The first-order valence-corrected chi connectivity index (χ1v) is 6.42. The van der Waals surface area contributed by atoms with Crippen LogP contribution in [0.1, 0.15) is 39.0 Å². The van der Waals surface area contributed by atoms with E-state index in [1.165, 1.54) is 0 Å². The molecule has 4 nitrogen and oxygen atoms in total. The Kier molecular flexibility index (Phi) is 4.95. The van der Waals surface area contributed by atoms with Crippen LogP contribution in [0.15, 0.2) is 0 Å². The molecule has 0 aromatic carbocycles. The molecular weight excluding hydrogens is 214 g/mol. The Morgan fingerprint density at radius 1 is 1.47 bits per heavy atom. The molecule has 1 fully saturated rings. The molecule has 1 aliphatic carbocycles. The van der Waals surface area contributed by atoms with Crippen molar-refractivity contribution in [3.05, 3.63) is 0 Å². The molecule has 0 aromatic heterocycles. The van der Waals surface area contributed by atoms with Crippen LogP contribution in [-0.4, -0.2) is 37.0 Å². The van der Waals surface area contributed by atoms with Gasteiger partial charge in [0.1, 0.15) is 5.54 Å². The van der Waals surface area contributed by atoms with Crippen LogP contribution in [-0.2, 0) is 4.79 Å². The Bertz CT molecular complexity index is 298. The predicted octanol–water partition coefficient (Wildman–Crippen LogP) is 1.53. The Morgan fingerprint density at radius 2 is 2.06 bits per heavy atom. The highest BCUT2D eigenvalue weighted by Gasteiger charge is 2.39. The quantitative estimate of drug-likeness (QED) is 0.806. The van der Waals surface area contributed by atoms with E-state index in [0.29, 0.717) is 0 Å². The number of rotatable bonds is 4. The maximum atomic E-state index is 11.8.